The van der Waals surface area contributed by atoms with Crippen LogP contribution in [-0.2, 0) is 0 Å². The molecule has 0 atom stereocenters. The van der Waals surface area contributed by atoms with E-state index in [1.165, 1.54) is 33.0 Å². The summed E-state index contributed by atoms with van der Waals surface area (Å²) in [6.45, 7) is 0. The zero-order chi connectivity index (χ0) is 41.0. The van der Waals surface area contributed by atoms with Crippen LogP contribution < -0.4 is 0 Å². The highest BCUT2D eigenvalue weighted by atomic mass is 15.2. The summed E-state index contributed by atoms with van der Waals surface area (Å²) < 4.78 is 4.56. The van der Waals surface area contributed by atoms with Crippen molar-refractivity contribution < 1.29 is 0 Å². The fourth-order valence-electron chi connectivity index (χ4n) is 9.08. The van der Waals surface area contributed by atoms with E-state index in [1.807, 2.05) is 6.07 Å². The minimum Gasteiger partial charge on any atom is -0.309 e. The van der Waals surface area contributed by atoms with Gasteiger partial charge >= 0.3 is 0 Å². The summed E-state index contributed by atoms with van der Waals surface area (Å²) in [6.07, 6.45) is 0. The number of hydrogen-bond donors (Lipinski definition) is 0. The summed E-state index contributed by atoms with van der Waals surface area (Å²) in [5.74, 6) is 1.75. The van der Waals surface area contributed by atoms with Crippen LogP contribution in [0.2, 0.25) is 0 Å². The van der Waals surface area contributed by atoms with Gasteiger partial charge in [-0.1, -0.05) is 170 Å². The Morgan fingerprint density at radius 1 is 0.258 bits per heavy atom. The first-order chi connectivity index (χ1) is 30.7. The molecule has 0 spiro atoms. The Hall–Kier alpha value is -8.41. The van der Waals surface area contributed by atoms with Crippen molar-refractivity contribution in [1.82, 2.24) is 24.1 Å². The van der Waals surface area contributed by atoms with Crippen LogP contribution in [0.3, 0.4) is 0 Å². The molecule has 0 aliphatic heterocycles. The molecule has 290 valence electrons. The quantitative estimate of drug-likeness (QED) is 0.162. The Bertz CT molecular complexity index is 3470. The zero-order valence-electron chi connectivity index (χ0n) is 33.6. The van der Waals surface area contributed by atoms with Crippen LogP contribution in [0.4, 0.5) is 0 Å². The first kappa shape index (κ1) is 35.5. The molecule has 0 radical (unpaired) electrons. The Kier molecular flexibility index (Phi) is 8.42. The molecule has 0 fully saturated rings. The highest BCUT2D eigenvalue weighted by Crippen LogP contribution is 2.40. The van der Waals surface area contributed by atoms with E-state index < -0.39 is 0 Å². The van der Waals surface area contributed by atoms with Crippen molar-refractivity contribution in [2.24, 2.45) is 0 Å². The van der Waals surface area contributed by atoms with E-state index in [1.54, 1.807) is 0 Å². The lowest BCUT2D eigenvalue weighted by Gasteiger charge is -2.15. The van der Waals surface area contributed by atoms with Gasteiger partial charge in [-0.3, -0.25) is 4.57 Å². The molecule has 0 aliphatic rings. The van der Waals surface area contributed by atoms with E-state index in [9.17, 15) is 0 Å². The summed E-state index contributed by atoms with van der Waals surface area (Å²) in [5.41, 5.74) is 14.0. The number of hydrogen-bond acceptors (Lipinski definition) is 3. The predicted octanol–water partition coefficient (Wildman–Crippen LogP) is 14.4. The van der Waals surface area contributed by atoms with Crippen molar-refractivity contribution in [3.63, 3.8) is 0 Å². The SMILES string of the molecule is c1ccc(-c2cccc(-c3nc(-c4ccccc4-n4c5ccc(-c6ccccc6)cc5c5cc(-c6ccccc6)ccc54)nc(-n4c5ccccc5c5ccccc54)n3)c2)cc1. The molecule has 0 aliphatic carbocycles. The zero-order valence-corrected chi connectivity index (χ0v) is 33.6. The Morgan fingerprint density at radius 3 is 1.27 bits per heavy atom. The van der Waals surface area contributed by atoms with Crippen molar-refractivity contribution in [2.75, 3.05) is 0 Å². The molecular formula is C57H37N5. The van der Waals surface area contributed by atoms with Gasteiger partial charge in [0.1, 0.15) is 0 Å². The Labute approximate surface area is 358 Å². The molecular weight excluding hydrogens is 755 g/mol. The summed E-state index contributed by atoms with van der Waals surface area (Å²) in [5, 5.41) is 4.64. The summed E-state index contributed by atoms with van der Waals surface area (Å²) in [4.78, 5) is 16.1. The average molecular weight is 792 g/mol. The van der Waals surface area contributed by atoms with E-state index in [0.717, 1.165) is 60.8 Å². The normalized spacial score (nSPS) is 11.5. The number of nitrogens with zero attached hydrogens (tertiary/aromatic N) is 5. The van der Waals surface area contributed by atoms with Gasteiger partial charge in [0.25, 0.3) is 0 Å². The minimum absolute atomic E-state index is 0.560. The van der Waals surface area contributed by atoms with Gasteiger partial charge in [-0.2, -0.15) is 9.97 Å². The molecule has 3 heterocycles. The largest absolute Gasteiger partial charge is 0.309 e. The average Bonchev–Trinajstić information content (AvgIpc) is 3.87. The molecule has 12 rings (SSSR count). The van der Waals surface area contributed by atoms with E-state index in [4.69, 9.17) is 15.0 Å². The van der Waals surface area contributed by atoms with Gasteiger partial charge in [-0.25, -0.2) is 4.98 Å². The number of benzene rings is 9. The van der Waals surface area contributed by atoms with Crippen molar-refractivity contribution in [3.05, 3.63) is 224 Å². The van der Waals surface area contributed by atoms with Gasteiger partial charge < -0.3 is 4.57 Å². The van der Waals surface area contributed by atoms with Crippen LogP contribution >= 0.6 is 0 Å². The lowest BCUT2D eigenvalue weighted by Crippen LogP contribution is -2.07. The number of fused-ring (bicyclic) bond motifs is 6. The summed E-state index contributed by atoms with van der Waals surface area (Å²) in [7, 11) is 0. The number of rotatable bonds is 7. The van der Waals surface area contributed by atoms with Crippen molar-refractivity contribution >= 4 is 43.6 Å². The van der Waals surface area contributed by atoms with E-state index in [2.05, 4.69) is 228 Å². The lowest BCUT2D eigenvalue weighted by atomic mass is 10.0. The topological polar surface area (TPSA) is 48.5 Å². The Morgan fingerprint density at radius 2 is 0.694 bits per heavy atom. The van der Waals surface area contributed by atoms with Gasteiger partial charge in [0.05, 0.1) is 27.8 Å². The van der Waals surface area contributed by atoms with Gasteiger partial charge in [-0.15, -0.1) is 0 Å². The lowest BCUT2D eigenvalue weighted by molar-refractivity contribution is 0.951. The number of aromatic nitrogens is 5. The van der Waals surface area contributed by atoms with Crippen LogP contribution in [0.1, 0.15) is 0 Å². The third-order valence-corrected chi connectivity index (χ3v) is 12.0. The predicted molar refractivity (Wildman–Crippen MR) is 256 cm³/mol. The standard InChI is InChI=1S/C57H37N5/c1-4-17-38(18-5-1)41-23-16-24-44(35-41)55-58-56(60-57(59-55)62-50-28-13-10-25-45(50)46-26-11-14-29-51(46)62)47-27-12-15-30-52(47)61-53-33-31-42(39-19-6-2-7-20-39)36-48(53)49-37-43(32-34-54(49)61)40-21-8-3-9-22-40/h1-37H. The molecule has 12 aromatic rings. The van der Waals surface area contributed by atoms with Crippen LogP contribution in [0.25, 0.3) is 111 Å². The fourth-order valence-corrected chi connectivity index (χ4v) is 9.08. The highest BCUT2D eigenvalue weighted by molar-refractivity contribution is 6.12. The van der Waals surface area contributed by atoms with Crippen LogP contribution in [0.15, 0.2) is 224 Å². The summed E-state index contributed by atoms with van der Waals surface area (Å²) in [6, 6.07) is 79.3. The van der Waals surface area contributed by atoms with Crippen LogP contribution in [0.5, 0.6) is 0 Å². The van der Waals surface area contributed by atoms with Crippen LogP contribution in [-0.4, -0.2) is 24.1 Å². The monoisotopic (exact) mass is 791 g/mol. The first-order valence-electron chi connectivity index (χ1n) is 20.9. The molecule has 0 bridgehead atoms. The molecule has 0 N–H and O–H groups in total. The first-order valence-corrected chi connectivity index (χ1v) is 20.9. The molecule has 0 saturated carbocycles. The maximum atomic E-state index is 5.42. The third-order valence-electron chi connectivity index (χ3n) is 12.0. The molecule has 0 amide bonds. The van der Waals surface area contributed by atoms with E-state index in [0.29, 0.717) is 17.6 Å². The van der Waals surface area contributed by atoms with Crippen LogP contribution in [0, 0.1) is 0 Å². The van der Waals surface area contributed by atoms with E-state index in [-0.39, 0.29) is 0 Å². The van der Waals surface area contributed by atoms with Crippen molar-refractivity contribution in [3.8, 4) is 67.8 Å². The second kappa shape index (κ2) is 14.7. The Balaban J connectivity index is 1.12. The van der Waals surface area contributed by atoms with Crippen molar-refractivity contribution in [2.45, 2.75) is 0 Å². The van der Waals surface area contributed by atoms with Gasteiger partial charge in [0.2, 0.25) is 5.95 Å². The third kappa shape index (κ3) is 5.98. The van der Waals surface area contributed by atoms with Gasteiger partial charge in [-0.05, 0) is 88.0 Å². The summed E-state index contributed by atoms with van der Waals surface area (Å²) >= 11 is 0. The molecule has 5 nitrogen and oxygen atoms in total. The van der Waals surface area contributed by atoms with Gasteiger partial charge in [0.15, 0.2) is 11.6 Å². The highest BCUT2D eigenvalue weighted by Gasteiger charge is 2.22. The molecule has 9 aromatic carbocycles. The maximum Gasteiger partial charge on any atom is 0.238 e. The number of para-hydroxylation sites is 3. The molecule has 5 heteroatoms. The fraction of sp³-hybridized carbons (Fsp3) is 0. The second-order valence-corrected chi connectivity index (χ2v) is 15.6. The van der Waals surface area contributed by atoms with E-state index >= 15 is 0 Å². The maximum absolute atomic E-state index is 5.42. The van der Waals surface area contributed by atoms with Crippen molar-refractivity contribution in [1.29, 1.82) is 0 Å². The molecule has 0 unspecified atom stereocenters. The molecule has 0 saturated heterocycles. The smallest absolute Gasteiger partial charge is 0.238 e. The molecule has 62 heavy (non-hydrogen) atoms. The molecule has 3 aromatic heterocycles. The second-order valence-electron chi connectivity index (χ2n) is 15.6. The van der Waals surface area contributed by atoms with Gasteiger partial charge in [0, 0.05) is 32.7 Å². The minimum atomic E-state index is 0.560.